The van der Waals surface area contributed by atoms with Crippen LogP contribution in [-0.2, 0) is 10.9 Å². The second-order valence-corrected chi connectivity index (χ2v) is 17.2. The van der Waals surface area contributed by atoms with E-state index in [-0.39, 0.29) is 23.1 Å². The summed E-state index contributed by atoms with van der Waals surface area (Å²) < 4.78 is 45.0. The lowest BCUT2D eigenvalue weighted by Gasteiger charge is -2.38. The van der Waals surface area contributed by atoms with Crippen LogP contribution in [0.15, 0.2) is 18.2 Å². The highest BCUT2D eigenvalue weighted by molar-refractivity contribution is 6.72. The van der Waals surface area contributed by atoms with Crippen molar-refractivity contribution in [2.45, 2.75) is 83.4 Å². The Morgan fingerprint density at radius 2 is 1.73 bits per heavy atom. The summed E-state index contributed by atoms with van der Waals surface area (Å²) in [5.41, 5.74) is -1.47. The molecule has 0 aliphatic carbocycles. The molecule has 0 spiro atoms. The Hall–Kier alpha value is -1.85. The quantitative estimate of drug-likeness (QED) is 0.496. The first-order valence-electron chi connectivity index (χ1n) is 13.1. The molecule has 37 heavy (non-hydrogen) atoms. The number of piperazine rings is 1. The molecule has 210 valence electrons. The maximum absolute atomic E-state index is 13.1. The maximum Gasteiger partial charge on any atom is 0.433 e. The van der Waals surface area contributed by atoms with Gasteiger partial charge in [0.1, 0.15) is 17.1 Å². The van der Waals surface area contributed by atoms with Crippen LogP contribution in [0.3, 0.4) is 0 Å². The minimum atomic E-state index is -4.47. The van der Waals surface area contributed by atoms with Gasteiger partial charge >= 0.3 is 12.3 Å². The van der Waals surface area contributed by atoms with Gasteiger partial charge in [0.2, 0.25) is 0 Å². The zero-order chi connectivity index (χ0) is 27.8. The molecule has 2 aliphatic heterocycles. The van der Waals surface area contributed by atoms with Gasteiger partial charge < -0.3 is 19.3 Å². The molecule has 3 heterocycles. The first-order chi connectivity index (χ1) is 16.9. The summed E-state index contributed by atoms with van der Waals surface area (Å²) in [5, 5.41) is -0.185. The third-order valence-corrected chi connectivity index (χ3v) is 11.3. The van der Waals surface area contributed by atoms with Crippen LogP contribution >= 0.6 is 0 Å². The molecule has 0 aromatic carbocycles. The molecule has 1 amide bonds. The van der Waals surface area contributed by atoms with Crippen LogP contribution in [-0.4, -0.2) is 84.9 Å². The van der Waals surface area contributed by atoms with Gasteiger partial charge in [0.05, 0.1) is 0 Å². The predicted molar refractivity (Wildman–Crippen MR) is 141 cm³/mol. The summed E-state index contributed by atoms with van der Waals surface area (Å²) in [6.45, 7) is 17.5. The van der Waals surface area contributed by atoms with Gasteiger partial charge in [-0.15, -0.1) is 0 Å². The van der Waals surface area contributed by atoms with Crippen LogP contribution in [0.5, 0.6) is 0 Å². The molecule has 2 saturated heterocycles. The Kier molecular flexibility index (Phi) is 8.61. The number of alkyl halides is 3. The first kappa shape index (κ1) is 29.7. The largest absolute Gasteiger partial charge is 0.444 e. The van der Waals surface area contributed by atoms with E-state index >= 15 is 0 Å². The highest BCUT2D eigenvalue weighted by Crippen LogP contribution is 2.44. The number of amides is 1. The molecular formula is C26H43F3N4O3Si. The number of rotatable bonds is 6. The highest BCUT2D eigenvalue weighted by atomic mass is 28.4. The Morgan fingerprint density at radius 1 is 1.11 bits per heavy atom. The predicted octanol–water partition coefficient (Wildman–Crippen LogP) is 5.22. The number of anilines is 1. The zero-order valence-electron chi connectivity index (χ0n) is 23.2. The smallest absolute Gasteiger partial charge is 0.433 e. The molecule has 11 heteroatoms. The third kappa shape index (κ3) is 7.83. The molecule has 7 nitrogen and oxygen atoms in total. The molecule has 2 aliphatic rings. The van der Waals surface area contributed by atoms with E-state index in [0.717, 1.165) is 18.9 Å². The van der Waals surface area contributed by atoms with Crippen molar-refractivity contribution in [3.05, 3.63) is 23.9 Å². The Labute approximate surface area is 220 Å². The summed E-state index contributed by atoms with van der Waals surface area (Å²) in [4.78, 5) is 33.7. The number of pyridine rings is 1. The van der Waals surface area contributed by atoms with E-state index in [1.54, 1.807) is 6.07 Å². The van der Waals surface area contributed by atoms with Gasteiger partial charge in [-0.3, -0.25) is 4.90 Å². The van der Waals surface area contributed by atoms with Crippen LogP contribution in [0.25, 0.3) is 0 Å². The van der Waals surface area contributed by atoms with Gasteiger partial charge in [-0.05, 0) is 69.8 Å². The van der Waals surface area contributed by atoms with Crippen molar-refractivity contribution in [3.63, 3.8) is 0 Å². The Balaban J connectivity index is 1.66. The van der Waals surface area contributed by atoms with E-state index in [4.69, 9.17) is 4.74 Å². The molecule has 0 radical (unpaired) electrons. The minimum absolute atomic E-state index is 0.0163. The van der Waals surface area contributed by atoms with E-state index in [2.05, 4.69) is 23.7 Å². The number of nitrogens with zero attached hydrogens (tertiary/aromatic N) is 4. The monoisotopic (exact) mass is 544 g/mol. The number of hydrogen-bond donors (Lipinski definition) is 1. The van der Waals surface area contributed by atoms with Crippen LogP contribution < -0.4 is 4.90 Å². The average Bonchev–Trinajstić information content (AvgIpc) is 3.13. The minimum Gasteiger partial charge on any atom is -0.444 e. The summed E-state index contributed by atoms with van der Waals surface area (Å²) in [5.74, 6) is 0.603. The molecule has 2 atom stereocenters. The second kappa shape index (κ2) is 10.7. The lowest BCUT2D eigenvalue weighted by molar-refractivity contribution is -0.141. The summed E-state index contributed by atoms with van der Waals surface area (Å²) in [6, 6.07) is 3.98. The fourth-order valence-electron chi connectivity index (χ4n) is 5.07. The van der Waals surface area contributed by atoms with Gasteiger partial charge in [0, 0.05) is 45.3 Å². The molecule has 0 bridgehead atoms. The van der Waals surface area contributed by atoms with Crippen molar-refractivity contribution in [3.8, 4) is 0 Å². The van der Waals surface area contributed by atoms with Crippen molar-refractivity contribution in [1.29, 1.82) is 0 Å². The summed E-state index contributed by atoms with van der Waals surface area (Å²) in [6.07, 6.45) is -3.11. The van der Waals surface area contributed by atoms with Crippen molar-refractivity contribution < 1.29 is 27.5 Å². The average molecular weight is 545 g/mol. The topological polar surface area (TPSA) is 69.1 Å². The van der Waals surface area contributed by atoms with E-state index in [1.165, 1.54) is 6.07 Å². The van der Waals surface area contributed by atoms with E-state index in [1.807, 2.05) is 43.7 Å². The summed E-state index contributed by atoms with van der Waals surface area (Å²) >= 11 is 0. The van der Waals surface area contributed by atoms with Crippen LogP contribution in [0.4, 0.5) is 23.8 Å². The van der Waals surface area contributed by atoms with Gasteiger partial charge in [0.25, 0.3) is 0 Å². The second-order valence-electron chi connectivity index (χ2n) is 12.7. The van der Waals surface area contributed by atoms with Gasteiger partial charge in [-0.25, -0.2) is 9.78 Å². The highest BCUT2D eigenvalue weighted by Gasteiger charge is 2.45. The van der Waals surface area contributed by atoms with Gasteiger partial charge in [-0.1, -0.05) is 19.9 Å². The van der Waals surface area contributed by atoms with Crippen molar-refractivity contribution in [2.75, 3.05) is 44.2 Å². The Morgan fingerprint density at radius 3 is 2.27 bits per heavy atom. The SMILES string of the molecule is CC(C)(C)OC(=O)N1CC(CC(C)(C)[Si](C)(C)O)C[C@H]1CN1CCN(c2cccc(C(F)(F)F)n2)CC1. The lowest BCUT2D eigenvalue weighted by Crippen LogP contribution is -2.51. The van der Waals surface area contributed by atoms with Crippen LogP contribution in [0.1, 0.15) is 53.2 Å². The Bertz CT molecular complexity index is 938. The maximum atomic E-state index is 13.1. The molecule has 1 N–H and O–H groups in total. The van der Waals surface area contributed by atoms with Crippen LogP contribution in [0, 0.1) is 5.92 Å². The number of ether oxygens (including phenoxy) is 1. The van der Waals surface area contributed by atoms with Crippen molar-refractivity contribution >= 4 is 20.2 Å². The molecule has 2 fully saturated rings. The molecular weight excluding hydrogens is 501 g/mol. The molecule has 1 aromatic heterocycles. The normalized spacial score (nSPS) is 22.5. The fraction of sp³-hybridized carbons (Fsp3) is 0.769. The number of aromatic nitrogens is 1. The zero-order valence-corrected chi connectivity index (χ0v) is 24.2. The van der Waals surface area contributed by atoms with Gasteiger partial charge in [-0.2, -0.15) is 13.2 Å². The standard InChI is InChI=1S/C26H43F3N4O3Si/c1-24(2,3)36-23(34)33-17-19(16-25(4,5)37(6,7)35)15-20(33)18-31-11-13-32(14-12-31)22-10-8-9-21(30-22)26(27,28)29/h8-10,19-20,35H,11-18H2,1-7H3/t19?,20-/m0/s1. The van der Waals surface area contributed by atoms with E-state index in [9.17, 15) is 22.8 Å². The van der Waals surface area contributed by atoms with E-state index < -0.39 is 25.8 Å². The number of halogens is 3. The molecule has 0 saturated carbocycles. The first-order valence-corrected chi connectivity index (χ1v) is 16.0. The number of carbonyl (C=O) groups is 1. The molecule has 3 rings (SSSR count). The van der Waals surface area contributed by atoms with Crippen molar-refractivity contribution in [2.24, 2.45) is 5.92 Å². The summed E-state index contributed by atoms with van der Waals surface area (Å²) in [7, 11) is -2.39. The number of hydrogen-bond acceptors (Lipinski definition) is 6. The van der Waals surface area contributed by atoms with Crippen molar-refractivity contribution in [1.82, 2.24) is 14.8 Å². The lowest BCUT2D eigenvalue weighted by atomic mass is 9.93. The van der Waals surface area contributed by atoms with E-state index in [0.29, 0.717) is 45.1 Å². The third-order valence-electron chi connectivity index (χ3n) is 7.77. The van der Waals surface area contributed by atoms with Gasteiger partial charge in [0.15, 0.2) is 8.32 Å². The molecule has 1 unspecified atom stereocenters. The fourth-order valence-corrected chi connectivity index (χ4v) is 5.85. The molecule has 1 aromatic rings. The van der Waals surface area contributed by atoms with Crippen LogP contribution in [0.2, 0.25) is 18.1 Å². The number of carbonyl (C=O) groups excluding carboxylic acids is 1. The number of likely N-dealkylation sites (tertiary alicyclic amines) is 1.